The maximum atomic E-state index is 11.4. The molecular weight excluding hydrogens is 164 g/mol. The molecule has 0 unspecified atom stereocenters. The summed E-state index contributed by atoms with van der Waals surface area (Å²) in [6.45, 7) is 3.21. The van der Waals surface area contributed by atoms with Crippen molar-refractivity contribution in [3.63, 3.8) is 0 Å². The third kappa shape index (κ3) is 1.16. The Balaban J connectivity index is 2.30. The number of hydrogen-bond donors (Lipinski definition) is 0. The molecule has 0 saturated heterocycles. The molecule has 13 heavy (non-hydrogen) atoms. The molecule has 2 bridgehead atoms. The van der Waals surface area contributed by atoms with E-state index in [1.165, 1.54) is 0 Å². The number of ketones is 2. The van der Waals surface area contributed by atoms with Crippen LogP contribution in [0.1, 0.15) is 20.3 Å². The standard InChI is InChI=1S/C11H14O2/c1-6(12)10-8-3-4-9(5-8)11(10)7(2)13/h3-4,8-11H,5H2,1-2H3/t8-,9+,10-,11-/m1/s1. The van der Waals surface area contributed by atoms with Crippen molar-refractivity contribution in [1.82, 2.24) is 0 Å². The fraction of sp³-hybridized carbons (Fsp3) is 0.636. The van der Waals surface area contributed by atoms with E-state index in [1.807, 2.05) is 0 Å². The largest absolute Gasteiger partial charge is 0.300 e. The van der Waals surface area contributed by atoms with Crippen LogP contribution in [0.2, 0.25) is 0 Å². The Kier molecular flexibility index (Phi) is 1.86. The molecule has 2 heteroatoms. The summed E-state index contributed by atoms with van der Waals surface area (Å²) < 4.78 is 0. The predicted molar refractivity (Wildman–Crippen MR) is 49.1 cm³/mol. The molecule has 1 fully saturated rings. The normalized spacial score (nSPS) is 41.1. The molecule has 0 aromatic heterocycles. The predicted octanol–water partition coefficient (Wildman–Crippen LogP) is 1.60. The van der Waals surface area contributed by atoms with Gasteiger partial charge in [-0.3, -0.25) is 9.59 Å². The number of carbonyl (C=O) groups excluding carboxylic acids is 2. The third-order valence-corrected chi connectivity index (χ3v) is 3.40. The van der Waals surface area contributed by atoms with Crippen molar-refractivity contribution < 1.29 is 9.59 Å². The zero-order valence-corrected chi connectivity index (χ0v) is 7.99. The van der Waals surface area contributed by atoms with Gasteiger partial charge in [-0.05, 0) is 32.1 Å². The average Bonchev–Trinajstić information content (AvgIpc) is 2.60. The van der Waals surface area contributed by atoms with Crippen LogP contribution < -0.4 is 0 Å². The molecule has 1 saturated carbocycles. The summed E-state index contributed by atoms with van der Waals surface area (Å²) >= 11 is 0. The highest BCUT2D eigenvalue weighted by molar-refractivity contribution is 5.89. The molecule has 0 spiro atoms. The second-order valence-electron chi connectivity index (χ2n) is 4.22. The minimum absolute atomic E-state index is 0.0208. The zero-order chi connectivity index (χ0) is 9.59. The van der Waals surface area contributed by atoms with Crippen LogP contribution in [0.15, 0.2) is 12.2 Å². The number of carbonyl (C=O) groups is 2. The first kappa shape index (κ1) is 8.67. The van der Waals surface area contributed by atoms with Gasteiger partial charge in [0.25, 0.3) is 0 Å². The fourth-order valence-corrected chi connectivity index (χ4v) is 2.93. The molecule has 2 aliphatic carbocycles. The van der Waals surface area contributed by atoms with E-state index >= 15 is 0 Å². The molecule has 0 N–H and O–H groups in total. The van der Waals surface area contributed by atoms with E-state index in [4.69, 9.17) is 0 Å². The number of rotatable bonds is 2. The van der Waals surface area contributed by atoms with Crippen LogP contribution in [0.25, 0.3) is 0 Å². The lowest BCUT2D eigenvalue weighted by Crippen LogP contribution is -2.30. The van der Waals surface area contributed by atoms with E-state index in [2.05, 4.69) is 12.2 Å². The summed E-state index contributed by atoms with van der Waals surface area (Å²) in [6, 6.07) is 0. The van der Waals surface area contributed by atoms with Gasteiger partial charge in [-0.1, -0.05) is 12.2 Å². The molecule has 0 amide bonds. The van der Waals surface area contributed by atoms with Crippen molar-refractivity contribution in [3.05, 3.63) is 12.2 Å². The first-order valence-electron chi connectivity index (χ1n) is 4.80. The topological polar surface area (TPSA) is 34.1 Å². The van der Waals surface area contributed by atoms with Crippen LogP contribution in [-0.2, 0) is 9.59 Å². The maximum absolute atomic E-state index is 11.4. The highest BCUT2D eigenvalue weighted by Gasteiger charge is 2.48. The molecule has 2 nitrogen and oxygen atoms in total. The van der Waals surface area contributed by atoms with Gasteiger partial charge in [0.05, 0.1) is 0 Å². The Morgan fingerprint density at radius 3 is 1.69 bits per heavy atom. The number of hydrogen-bond acceptors (Lipinski definition) is 2. The maximum Gasteiger partial charge on any atom is 0.134 e. The summed E-state index contributed by atoms with van der Waals surface area (Å²) in [5.74, 6) is 1.00. The zero-order valence-electron chi connectivity index (χ0n) is 7.99. The highest BCUT2D eigenvalue weighted by Crippen LogP contribution is 2.48. The van der Waals surface area contributed by atoms with Crippen LogP contribution in [0.3, 0.4) is 0 Å². The summed E-state index contributed by atoms with van der Waals surface area (Å²) in [7, 11) is 0. The Labute approximate surface area is 78.0 Å². The van der Waals surface area contributed by atoms with Crippen LogP contribution in [0, 0.1) is 23.7 Å². The van der Waals surface area contributed by atoms with Crippen LogP contribution in [0.5, 0.6) is 0 Å². The lowest BCUT2D eigenvalue weighted by molar-refractivity contribution is -0.130. The van der Waals surface area contributed by atoms with Crippen molar-refractivity contribution in [3.8, 4) is 0 Å². The smallest absolute Gasteiger partial charge is 0.134 e. The van der Waals surface area contributed by atoms with Gasteiger partial charge in [0, 0.05) is 11.8 Å². The molecule has 4 atom stereocenters. The summed E-state index contributed by atoms with van der Waals surface area (Å²) in [4.78, 5) is 22.7. The molecule has 0 aliphatic heterocycles. The van der Waals surface area contributed by atoms with Gasteiger partial charge in [-0.2, -0.15) is 0 Å². The Morgan fingerprint density at radius 1 is 1.00 bits per heavy atom. The molecule has 2 rings (SSSR count). The van der Waals surface area contributed by atoms with E-state index < -0.39 is 0 Å². The molecular formula is C11H14O2. The molecule has 0 aromatic carbocycles. The van der Waals surface area contributed by atoms with Gasteiger partial charge >= 0.3 is 0 Å². The Hall–Kier alpha value is -0.920. The van der Waals surface area contributed by atoms with Gasteiger partial charge in [0.1, 0.15) is 11.6 Å². The first-order chi connectivity index (χ1) is 6.11. The van der Waals surface area contributed by atoms with Crippen LogP contribution in [-0.4, -0.2) is 11.6 Å². The molecule has 0 radical (unpaired) electrons. The van der Waals surface area contributed by atoms with Gasteiger partial charge in [0.2, 0.25) is 0 Å². The number of allylic oxidation sites excluding steroid dienone is 2. The minimum Gasteiger partial charge on any atom is -0.300 e. The summed E-state index contributed by atoms with van der Waals surface area (Å²) in [6.07, 6.45) is 5.22. The monoisotopic (exact) mass is 178 g/mol. The van der Waals surface area contributed by atoms with Crippen molar-refractivity contribution in [2.75, 3.05) is 0 Å². The Morgan fingerprint density at radius 2 is 1.38 bits per heavy atom. The van der Waals surface area contributed by atoms with Gasteiger partial charge in [-0.25, -0.2) is 0 Å². The van der Waals surface area contributed by atoms with Crippen molar-refractivity contribution >= 4 is 11.6 Å². The molecule has 0 aromatic rings. The van der Waals surface area contributed by atoms with Gasteiger partial charge < -0.3 is 0 Å². The molecule has 70 valence electrons. The minimum atomic E-state index is -0.0208. The van der Waals surface area contributed by atoms with Crippen LogP contribution in [0.4, 0.5) is 0 Å². The van der Waals surface area contributed by atoms with Gasteiger partial charge in [0.15, 0.2) is 0 Å². The lowest BCUT2D eigenvalue weighted by atomic mass is 9.79. The SMILES string of the molecule is CC(=O)[C@H]1[C@H](C(C)=O)[C@H]2C=C[C@@H]1C2. The van der Waals surface area contributed by atoms with E-state index in [9.17, 15) is 9.59 Å². The van der Waals surface area contributed by atoms with E-state index in [0.717, 1.165) is 6.42 Å². The molecule has 0 heterocycles. The van der Waals surface area contributed by atoms with Crippen molar-refractivity contribution in [2.45, 2.75) is 20.3 Å². The summed E-state index contributed by atoms with van der Waals surface area (Å²) in [5.41, 5.74) is 0. The second-order valence-corrected chi connectivity index (χ2v) is 4.22. The lowest BCUT2D eigenvalue weighted by Gasteiger charge is -2.23. The second kappa shape index (κ2) is 2.79. The molecule has 2 aliphatic rings. The van der Waals surface area contributed by atoms with E-state index in [1.54, 1.807) is 13.8 Å². The van der Waals surface area contributed by atoms with E-state index in [-0.39, 0.29) is 23.4 Å². The summed E-state index contributed by atoms with van der Waals surface area (Å²) in [5, 5.41) is 0. The highest BCUT2D eigenvalue weighted by atomic mass is 16.1. The quantitative estimate of drug-likeness (QED) is 0.602. The Bertz CT molecular complexity index is 262. The van der Waals surface area contributed by atoms with Crippen LogP contribution >= 0.6 is 0 Å². The first-order valence-corrected chi connectivity index (χ1v) is 4.80. The average molecular weight is 178 g/mol. The van der Waals surface area contributed by atoms with Crippen molar-refractivity contribution in [1.29, 1.82) is 0 Å². The third-order valence-electron chi connectivity index (χ3n) is 3.40. The number of Topliss-reactive ketones (excluding diaryl/α,β-unsaturated/α-hetero) is 2. The van der Waals surface area contributed by atoms with E-state index in [0.29, 0.717) is 11.8 Å². The fourth-order valence-electron chi connectivity index (χ4n) is 2.93. The number of fused-ring (bicyclic) bond motifs is 2. The van der Waals surface area contributed by atoms with Crippen molar-refractivity contribution in [2.24, 2.45) is 23.7 Å². The van der Waals surface area contributed by atoms with Gasteiger partial charge in [-0.15, -0.1) is 0 Å².